The Kier molecular flexibility index (Phi) is 2.82. The number of ether oxygens (including phenoxy) is 1. The molecule has 82 valence electrons. The van der Waals surface area contributed by atoms with E-state index >= 15 is 0 Å². The molecule has 0 heterocycles. The normalized spacial score (nSPS) is 15.7. The van der Waals surface area contributed by atoms with Crippen LogP contribution in [0.1, 0.15) is 18.4 Å². The first kappa shape index (κ1) is 10.3. The minimum absolute atomic E-state index is 0.754. The predicted molar refractivity (Wildman–Crippen MR) is 61.9 cm³/mol. The van der Waals surface area contributed by atoms with Gasteiger partial charge in [-0.2, -0.15) is 0 Å². The molecule has 1 aliphatic carbocycles. The van der Waals surface area contributed by atoms with E-state index in [0.717, 1.165) is 24.0 Å². The summed E-state index contributed by atoms with van der Waals surface area (Å²) in [5.74, 6) is 0.891. The molecular weight excluding hydrogens is 188 g/mol. The highest BCUT2D eigenvalue weighted by Gasteiger charge is 2.26. The summed E-state index contributed by atoms with van der Waals surface area (Å²) in [6.07, 6.45) is 2.65. The number of hydrogen-bond donors (Lipinski definition) is 1. The van der Waals surface area contributed by atoms with Gasteiger partial charge in [0.1, 0.15) is 5.75 Å². The Labute approximate surface area is 90.8 Å². The average Bonchev–Trinajstić information content (AvgIpc) is 3.04. The molecule has 0 amide bonds. The molecule has 3 heteroatoms. The number of nitrogens with zero attached hydrogens (tertiary/aromatic N) is 1. The van der Waals surface area contributed by atoms with Crippen molar-refractivity contribution in [3.63, 3.8) is 0 Å². The van der Waals surface area contributed by atoms with E-state index < -0.39 is 0 Å². The van der Waals surface area contributed by atoms with E-state index in [0.29, 0.717) is 0 Å². The number of hydrogen-bond acceptors (Lipinski definition) is 3. The highest BCUT2D eigenvalue weighted by Crippen LogP contribution is 2.29. The van der Waals surface area contributed by atoms with E-state index in [1.54, 1.807) is 7.11 Å². The van der Waals surface area contributed by atoms with Gasteiger partial charge >= 0.3 is 0 Å². The van der Waals surface area contributed by atoms with E-state index in [-0.39, 0.29) is 0 Å². The average molecular weight is 206 g/mol. The number of nitrogens with two attached hydrogens (primary N) is 1. The molecule has 0 unspecified atom stereocenters. The van der Waals surface area contributed by atoms with Crippen molar-refractivity contribution in [1.82, 2.24) is 4.90 Å². The van der Waals surface area contributed by atoms with Gasteiger partial charge in [0.05, 0.1) is 7.11 Å². The minimum Gasteiger partial charge on any atom is -0.496 e. The molecule has 2 N–H and O–H groups in total. The van der Waals surface area contributed by atoms with Gasteiger partial charge in [-0.15, -0.1) is 0 Å². The number of nitrogen functional groups attached to an aromatic ring is 1. The van der Waals surface area contributed by atoms with Gasteiger partial charge in [0, 0.05) is 29.9 Å². The maximum Gasteiger partial charge on any atom is 0.125 e. The van der Waals surface area contributed by atoms with E-state index in [4.69, 9.17) is 10.5 Å². The highest BCUT2D eigenvalue weighted by atomic mass is 16.5. The van der Waals surface area contributed by atoms with E-state index in [9.17, 15) is 0 Å². The first-order chi connectivity index (χ1) is 7.20. The molecule has 1 aromatic rings. The fraction of sp³-hybridized carbons (Fsp3) is 0.500. The van der Waals surface area contributed by atoms with Crippen molar-refractivity contribution in [2.75, 3.05) is 19.9 Å². The van der Waals surface area contributed by atoms with Crippen molar-refractivity contribution in [1.29, 1.82) is 0 Å². The Hall–Kier alpha value is -1.22. The number of methoxy groups -OCH3 is 1. The van der Waals surface area contributed by atoms with Crippen molar-refractivity contribution in [2.45, 2.75) is 25.4 Å². The third-order valence-corrected chi connectivity index (χ3v) is 2.90. The van der Waals surface area contributed by atoms with Crippen molar-refractivity contribution < 1.29 is 4.74 Å². The van der Waals surface area contributed by atoms with Gasteiger partial charge in [0.15, 0.2) is 0 Å². The van der Waals surface area contributed by atoms with Crippen LogP contribution < -0.4 is 10.5 Å². The molecule has 0 atom stereocenters. The van der Waals surface area contributed by atoms with E-state index in [2.05, 4.69) is 11.9 Å². The lowest BCUT2D eigenvalue weighted by Gasteiger charge is -2.17. The molecule has 0 spiro atoms. The molecule has 1 aliphatic rings. The molecule has 0 radical (unpaired) electrons. The summed E-state index contributed by atoms with van der Waals surface area (Å²) in [5.41, 5.74) is 7.68. The van der Waals surface area contributed by atoms with Crippen LogP contribution in [-0.4, -0.2) is 25.1 Å². The molecule has 15 heavy (non-hydrogen) atoms. The van der Waals surface area contributed by atoms with Crippen molar-refractivity contribution in [3.8, 4) is 5.75 Å². The van der Waals surface area contributed by atoms with E-state index in [1.807, 2.05) is 18.2 Å². The zero-order chi connectivity index (χ0) is 10.8. The van der Waals surface area contributed by atoms with Crippen LogP contribution in [0.3, 0.4) is 0 Å². The lowest BCUT2D eigenvalue weighted by Crippen LogP contribution is -2.20. The fourth-order valence-electron chi connectivity index (χ4n) is 1.80. The summed E-state index contributed by atoms with van der Waals surface area (Å²) in [7, 11) is 3.85. The third-order valence-electron chi connectivity index (χ3n) is 2.90. The molecule has 1 aromatic carbocycles. The summed E-state index contributed by atoms with van der Waals surface area (Å²) in [5, 5.41) is 0. The molecule has 1 saturated carbocycles. The van der Waals surface area contributed by atoms with Crippen LogP contribution in [-0.2, 0) is 6.54 Å². The van der Waals surface area contributed by atoms with E-state index in [1.165, 1.54) is 18.4 Å². The van der Waals surface area contributed by atoms with Gasteiger partial charge in [0.2, 0.25) is 0 Å². The zero-order valence-corrected chi connectivity index (χ0v) is 9.36. The van der Waals surface area contributed by atoms with Crippen molar-refractivity contribution >= 4 is 5.69 Å². The molecule has 0 aliphatic heterocycles. The van der Waals surface area contributed by atoms with Crippen LogP contribution in [0.2, 0.25) is 0 Å². The van der Waals surface area contributed by atoms with Crippen LogP contribution in [0.5, 0.6) is 5.75 Å². The fourth-order valence-corrected chi connectivity index (χ4v) is 1.80. The number of anilines is 1. The number of benzene rings is 1. The summed E-state index contributed by atoms with van der Waals surface area (Å²) in [6.45, 7) is 0.939. The molecule has 2 rings (SSSR count). The van der Waals surface area contributed by atoms with Gasteiger partial charge in [-0.05, 0) is 26.0 Å². The van der Waals surface area contributed by atoms with Gasteiger partial charge in [0.25, 0.3) is 0 Å². The Morgan fingerprint density at radius 2 is 2.20 bits per heavy atom. The lowest BCUT2D eigenvalue weighted by molar-refractivity contribution is 0.308. The quantitative estimate of drug-likeness (QED) is 0.764. The molecule has 1 fully saturated rings. The van der Waals surface area contributed by atoms with Crippen molar-refractivity contribution in [2.24, 2.45) is 0 Å². The largest absolute Gasteiger partial charge is 0.496 e. The van der Waals surface area contributed by atoms with Gasteiger partial charge in [-0.25, -0.2) is 0 Å². The van der Waals surface area contributed by atoms with Gasteiger partial charge < -0.3 is 10.5 Å². The minimum atomic E-state index is 0.754. The summed E-state index contributed by atoms with van der Waals surface area (Å²) in [6, 6.07) is 6.63. The molecule has 0 saturated heterocycles. The highest BCUT2D eigenvalue weighted by molar-refractivity contribution is 5.48. The van der Waals surface area contributed by atoms with Gasteiger partial charge in [-0.1, -0.05) is 6.07 Å². The lowest BCUT2D eigenvalue weighted by atomic mass is 10.1. The van der Waals surface area contributed by atoms with Crippen LogP contribution in [0, 0.1) is 0 Å². The van der Waals surface area contributed by atoms with Crippen LogP contribution in [0.15, 0.2) is 18.2 Å². The Morgan fingerprint density at radius 1 is 1.47 bits per heavy atom. The monoisotopic (exact) mass is 206 g/mol. The Balaban J connectivity index is 2.11. The Morgan fingerprint density at radius 3 is 2.80 bits per heavy atom. The number of rotatable bonds is 4. The zero-order valence-electron chi connectivity index (χ0n) is 9.36. The second kappa shape index (κ2) is 4.11. The first-order valence-corrected chi connectivity index (χ1v) is 5.33. The van der Waals surface area contributed by atoms with Gasteiger partial charge in [-0.3, -0.25) is 4.90 Å². The molecule has 3 nitrogen and oxygen atoms in total. The third kappa shape index (κ3) is 2.42. The van der Waals surface area contributed by atoms with Crippen LogP contribution in [0.25, 0.3) is 0 Å². The summed E-state index contributed by atoms with van der Waals surface area (Å²) in [4.78, 5) is 2.37. The topological polar surface area (TPSA) is 38.5 Å². The van der Waals surface area contributed by atoms with Crippen LogP contribution >= 0.6 is 0 Å². The summed E-state index contributed by atoms with van der Waals surface area (Å²) >= 11 is 0. The molecular formula is C12H18N2O. The smallest absolute Gasteiger partial charge is 0.125 e. The maximum absolute atomic E-state index is 5.71. The standard InChI is InChI=1S/C12H18N2O/c1-14(11-5-6-11)8-9-3-4-10(13)7-12(9)15-2/h3-4,7,11H,5-6,8,13H2,1-2H3. The van der Waals surface area contributed by atoms with Crippen molar-refractivity contribution in [3.05, 3.63) is 23.8 Å². The predicted octanol–water partition coefficient (Wildman–Crippen LogP) is 1.87. The molecule has 0 bridgehead atoms. The SMILES string of the molecule is COc1cc(N)ccc1CN(C)C1CC1. The first-order valence-electron chi connectivity index (χ1n) is 5.33. The summed E-state index contributed by atoms with van der Waals surface area (Å²) < 4.78 is 5.32. The molecule has 0 aromatic heterocycles. The maximum atomic E-state index is 5.71. The second-order valence-corrected chi connectivity index (χ2v) is 4.22. The second-order valence-electron chi connectivity index (χ2n) is 4.22. The Bertz CT molecular complexity index is 347. The van der Waals surface area contributed by atoms with Crippen LogP contribution in [0.4, 0.5) is 5.69 Å².